The molecule has 0 fully saturated rings. The lowest BCUT2D eigenvalue weighted by Crippen LogP contribution is -2.22. The van der Waals surface area contributed by atoms with E-state index in [2.05, 4.69) is 15.9 Å². The molecular weight excluding hydrogens is 392 g/mol. The molecule has 122 valence electrons. The summed E-state index contributed by atoms with van der Waals surface area (Å²) in [6, 6.07) is 5.34. The third-order valence-corrected chi connectivity index (χ3v) is 5.43. The van der Waals surface area contributed by atoms with Gasteiger partial charge in [0.15, 0.2) is 0 Å². The topological polar surface area (TPSA) is 127 Å². The van der Waals surface area contributed by atoms with E-state index >= 15 is 0 Å². The van der Waals surface area contributed by atoms with E-state index in [0.29, 0.717) is 15.4 Å². The van der Waals surface area contributed by atoms with Gasteiger partial charge in [0.2, 0.25) is 6.41 Å². The Morgan fingerprint density at radius 2 is 2.09 bits per heavy atom. The molecule has 0 bridgehead atoms. The van der Waals surface area contributed by atoms with Crippen LogP contribution < -0.4 is 4.72 Å². The largest absolute Gasteiger partial charge is 0.396 e. The SMILES string of the molecule is O=CNS(=O)(=O)c1cc(CCO)c(Br)c2cccc([N+](=O)[O-])c12. The first kappa shape index (κ1) is 17.3. The molecule has 0 spiro atoms. The number of carbonyl (C=O) groups is 1. The summed E-state index contributed by atoms with van der Waals surface area (Å²) in [5.74, 6) is 0. The lowest BCUT2D eigenvalue weighted by atomic mass is 10.0. The zero-order valence-corrected chi connectivity index (χ0v) is 13.9. The highest BCUT2D eigenvalue weighted by Gasteiger charge is 2.26. The molecule has 0 unspecified atom stereocenters. The number of sulfonamides is 1. The Kier molecular flexibility index (Phi) is 4.97. The minimum atomic E-state index is -4.28. The number of amides is 1. The first-order valence-electron chi connectivity index (χ1n) is 6.28. The van der Waals surface area contributed by atoms with Crippen LogP contribution in [0, 0.1) is 10.1 Å². The maximum absolute atomic E-state index is 12.2. The zero-order chi connectivity index (χ0) is 17.2. The predicted octanol–water partition coefficient (Wildman–Crippen LogP) is 1.48. The fraction of sp³-hybridized carbons (Fsp3) is 0.154. The Labute approximate surface area is 139 Å². The van der Waals surface area contributed by atoms with Crippen LogP contribution in [0.2, 0.25) is 0 Å². The van der Waals surface area contributed by atoms with Crippen molar-refractivity contribution in [3.63, 3.8) is 0 Å². The number of carbonyl (C=O) groups excluding carboxylic acids is 1. The van der Waals surface area contributed by atoms with E-state index in [1.54, 1.807) is 4.72 Å². The number of nitro groups is 1. The number of rotatable bonds is 6. The maximum Gasteiger partial charge on any atom is 0.278 e. The van der Waals surface area contributed by atoms with Gasteiger partial charge in [0.1, 0.15) is 4.90 Å². The molecule has 0 radical (unpaired) electrons. The van der Waals surface area contributed by atoms with Gasteiger partial charge in [-0.05, 0) is 34.0 Å². The fourth-order valence-electron chi connectivity index (χ4n) is 2.24. The van der Waals surface area contributed by atoms with Gasteiger partial charge < -0.3 is 5.11 Å². The van der Waals surface area contributed by atoms with Gasteiger partial charge in [0.05, 0.1) is 10.3 Å². The zero-order valence-electron chi connectivity index (χ0n) is 11.5. The van der Waals surface area contributed by atoms with Crippen molar-refractivity contribution in [2.45, 2.75) is 11.3 Å². The van der Waals surface area contributed by atoms with Crippen molar-refractivity contribution in [2.24, 2.45) is 0 Å². The third-order valence-electron chi connectivity index (χ3n) is 3.18. The number of aliphatic hydroxyl groups is 1. The quantitative estimate of drug-likeness (QED) is 0.427. The van der Waals surface area contributed by atoms with Crippen LogP contribution in [0.5, 0.6) is 0 Å². The van der Waals surface area contributed by atoms with Crippen LogP contribution in [0.25, 0.3) is 10.8 Å². The molecule has 0 aliphatic carbocycles. The van der Waals surface area contributed by atoms with E-state index in [1.165, 1.54) is 24.3 Å². The normalized spacial score (nSPS) is 11.4. The average Bonchev–Trinajstić information content (AvgIpc) is 2.49. The Morgan fingerprint density at radius 3 is 2.65 bits per heavy atom. The summed E-state index contributed by atoms with van der Waals surface area (Å²) in [4.78, 5) is 20.7. The lowest BCUT2D eigenvalue weighted by molar-refractivity contribution is -0.383. The Balaban J connectivity index is 3.00. The Hall–Kier alpha value is -2.04. The lowest BCUT2D eigenvalue weighted by Gasteiger charge is -2.13. The van der Waals surface area contributed by atoms with Crippen LogP contribution in [-0.4, -0.2) is 31.5 Å². The number of fused-ring (bicyclic) bond motifs is 1. The van der Waals surface area contributed by atoms with E-state index in [-0.39, 0.29) is 24.8 Å². The Bertz CT molecular complexity index is 897. The summed E-state index contributed by atoms with van der Waals surface area (Å²) >= 11 is 3.29. The molecule has 0 atom stereocenters. The van der Waals surface area contributed by atoms with Gasteiger partial charge in [0.25, 0.3) is 15.7 Å². The summed E-state index contributed by atoms with van der Waals surface area (Å²) in [6.45, 7) is -0.236. The van der Waals surface area contributed by atoms with Crippen molar-refractivity contribution in [1.29, 1.82) is 0 Å². The van der Waals surface area contributed by atoms with E-state index < -0.39 is 25.5 Å². The molecule has 2 aromatic rings. The number of hydrogen-bond acceptors (Lipinski definition) is 6. The number of nitrogens with zero attached hydrogens (tertiary/aromatic N) is 1. The number of non-ortho nitro benzene ring substituents is 1. The van der Waals surface area contributed by atoms with Crippen LogP contribution in [-0.2, 0) is 21.2 Å². The molecule has 10 heteroatoms. The molecule has 1 amide bonds. The number of benzene rings is 2. The number of aliphatic hydroxyl groups excluding tert-OH is 1. The summed E-state index contributed by atoms with van der Waals surface area (Å²) in [7, 11) is -4.28. The summed E-state index contributed by atoms with van der Waals surface area (Å²) in [6.07, 6.45) is 0.131. The van der Waals surface area contributed by atoms with E-state index in [9.17, 15) is 23.3 Å². The van der Waals surface area contributed by atoms with Gasteiger partial charge in [-0.1, -0.05) is 12.1 Å². The molecular formula is C13H11BrN2O6S. The van der Waals surface area contributed by atoms with Crippen molar-refractivity contribution < 1.29 is 23.2 Å². The highest BCUT2D eigenvalue weighted by atomic mass is 79.9. The van der Waals surface area contributed by atoms with Crippen molar-refractivity contribution >= 4 is 48.8 Å². The Morgan fingerprint density at radius 1 is 1.39 bits per heavy atom. The summed E-state index contributed by atoms with van der Waals surface area (Å²) < 4.78 is 26.6. The minimum absolute atomic E-state index is 0.0102. The molecule has 2 rings (SSSR count). The van der Waals surface area contributed by atoms with Crippen LogP contribution in [0.15, 0.2) is 33.6 Å². The van der Waals surface area contributed by atoms with Crippen molar-refractivity contribution in [3.8, 4) is 0 Å². The molecule has 0 aliphatic heterocycles. The van der Waals surface area contributed by atoms with Gasteiger partial charge >= 0.3 is 0 Å². The first-order chi connectivity index (χ1) is 10.8. The van der Waals surface area contributed by atoms with Gasteiger partial charge in [0, 0.05) is 22.5 Å². The second kappa shape index (κ2) is 6.60. The van der Waals surface area contributed by atoms with Crippen molar-refractivity contribution in [1.82, 2.24) is 4.72 Å². The minimum Gasteiger partial charge on any atom is -0.396 e. The number of halogens is 1. The van der Waals surface area contributed by atoms with Crippen LogP contribution in [0.4, 0.5) is 5.69 Å². The number of nitro benzene ring substituents is 1. The van der Waals surface area contributed by atoms with E-state index in [0.717, 1.165) is 0 Å². The van der Waals surface area contributed by atoms with E-state index in [1.807, 2.05) is 0 Å². The van der Waals surface area contributed by atoms with Gasteiger partial charge in [-0.25, -0.2) is 8.42 Å². The molecule has 0 heterocycles. The van der Waals surface area contributed by atoms with Gasteiger partial charge in [-0.3, -0.25) is 19.6 Å². The molecule has 23 heavy (non-hydrogen) atoms. The standard InChI is InChI=1S/C13H11BrN2O6S/c14-13-8(4-5-17)6-11(23(21,22)15-7-18)12-9(13)2-1-3-10(12)16(19)20/h1-3,6-7,17H,4-5H2,(H,15,18). The number of nitrogens with one attached hydrogen (secondary N) is 1. The number of hydrogen-bond donors (Lipinski definition) is 2. The van der Waals surface area contributed by atoms with Gasteiger partial charge in [-0.15, -0.1) is 0 Å². The van der Waals surface area contributed by atoms with Crippen LogP contribution in [0.1, 0.15) is 5.56 Å². The highest BCUT2D eigenvalue weighted by Crippen LogP contribution is 2.38. The second-order valence-electron chi connectivity index (χ2n) is 4.52. The van der Waals surface area contributed by atoms with Crippen molar-refractivity contribution in [3.05, 3.63) is 44.4 Å². The monoisotopic (exact) mass is 402 g/mol. The van der Waals surface area contributed by atoms with E-state index in [4.69, 9.17) is 5.11 Å². The van der Waals surface area contributed by atoms with Crippen LogP contribution in [0.3, 0.4) is 0 Å². The molecule has 0 saturated heterocycles. The van der Waals surface area contributed by atoms with Crippen LogP contribution >= 0.6 is 15.9 Å². The molecule has 2 aromatic carbocycles. The third kappa shape index (κ3) is 3.19. The average molecular weight is 403 g/mol. The van der Waals surface area contributed by atoms with Gasteiger partial charge in [-0.2, -0.15) is 0 Å². The maximum atomic E-state index is 12.2. The first-order valence-corrected chi connectivity index (χ1v) is 8.56. The molecule has 8 nitrogen and oxygen atoms in total. The second-order valence-corrected chi connectivity index (χ2v) is 6.99. The smallest absolute Gasteiger partial charge is 0.278 e. The molecule has 2 N–H and O–H groups in total. The summed E-state index contributed by atoms with van der Waals surface area (Å²) in [5.41, 5.74) is 0.0526. The fourth-order valence-corrected chi connectivity index (χ4v) is 3.92. The molecule has 0 aliphatic rings. The molecule has 0 saturated carbocycles. The highest BCUT2D eigenvalue weighted by molar-refractivity contribution is 9.10. The summed E-state index contributed by atoms with van der Waals surface area (Å²) in [5, 5.41) is 20.5. The molecule has 0 aromatic heterocycles. The predicted molar refractivity (Wildman–Crippen MR) is 85.5 cm³/mol. The van der Waals surface area contributed by atoms with Crippen molar-refractivity contribution in [2.75, 3.05) is 6.61 Å².